The van der Waals surface area contributed by atoms with Gasteiger partial charge in [0.05, 0.1) is 4.47 Å². The largest absolute Gasteiger partial charge is 0.438 e. The van der Waals surface area contributed by atoms with Crippen molar-refractivity contribution in [2.45, 2.75) is 13.3 Å². The molecule has 0 saturated carbocycles. The zero-order valence-corrected chi connectivity index (χ0v) is 11.1. The van der Waals surface area contributed by atoms with Crippen LogP contribution in [0.1, 0.15) is 17.6 Å². The van der Waals surface area contributed by atoms with Crippen LogP contribution >= 0.6 is 15.9 Å². The van der Waals surface area contributed by atoms with Gasteiger partial charge in [0.25, 0.3) is 6.43 Å². The third-order valence-corrected chi connectivity index (χ3v) is 3.02. The number of aryl methyl sites for hydroxylation is 1. The van der Waals surface area contributed by atoms with Gasteiger partial charge in [-0.25, -0.2) is 13.8 Å². The molecule has 0 bridgehead atoms. The molecule has 0 unspecified atom stereocenters. The monoisotopic (exact) mass is 313 g/mol. The van der Waals surface area contributed by atoms with E-state index in [2.05, 4.69) is 20.9 Å². The third kappa shape index (κ3) is 2.85. The summed E-state index contributed by atoms with van der Waals surface area (Å²) in [5.74, 6) is 0.887. The van der Waals surface area contributed by atoms with E-state index in [1.165, 1.54) is 12.1 Å². The van der Waals surface area contributed by atoms with E-state index in [1.54, 1.807) is 31.3 Å². The molecule has 0 N–H and O–H groups in total. The summed E-state index contributed by atoms with van der Waals surface area (Å²) >= 11 is 3.30. The highest BCUT2D eigenvalue weighted by atomic mass is 79.9. The van der Waals surface area contributed by atoms with Gasteiger partial charge in [-0.05, 0) is 58.7 Å². The van der Waals surface area contributed by atoms with Crippen LogP contribution in [0.4, 0.5) is 8.78 Å². The SMILES string of the molecule is Cc1cc(Oc2ncccc2Br)ccc1C(F)F. The highest BCUT2D eigenvalue weighted by Crippen LogP contribution is 2.30. The first kappa shape index (κ1) is 13.0. The molecule has 18 heavy (non-hydrogen) atoms. The second-order valence-corrected chi connectivity index (χ2v) is 4.57. The Morgan fingerprint density at radius 2 is 2.06 bits per heavy atom. The van der Waals surface area contributed by atoms with Crippen molar-refractivity contribution in [2.24, 2.45) is 0 Å². The average Bonchev–Trinajstić information content (AvgIpc) is 2.32. The first-order valence-electron chi connectivity index (χ1n) is 5.25. The van der Waals surface area contributed by atoms with Gasteiger partial charge >= 0.3 is 0 Å². The number of hydrogen-bond acceptors (Lipinski definition) is 2. The second kappa shape index (κ2) is 5.44. The molecule has 0 amide bonds. The summed E-state index contributed by atoms with van der Waals surface area (Å²) in [6.07, 6.45) is -0.874. The van der Waals surface area contributed by atoms with Crippen molar-refractivity contribution in [1.29, 1.82) is 0 Å². The molecule has 0 spiro atoms. The van der Waals surface area contributed by atoms with E-state index in [-0.39, 0.29) is 5.56 Å². The Kier molecular flexibility index (Phi) is 3.91. The predicted octanol–water partition coefficient (Wildman–Crippen LogP) is 4.88. The van der Waals surface area contributed by atoms with E-state index in [0.717, 1.165) is 0 Å². The summed E-state index contributed by atoms with van der Waals surface area (Å²) in [6, 6.07) is 8.01. The zero-order chi connectivity index (χ0) is 13.1. The number of hydrogen-bond donors (Lipinski definition) is 0. The van der Waals surface area contributed by atoms with E-state index in [0.29, 0.717) is 21.7 Å². The third-order valence-electron chi connectivity index (χ3n) is 2.42. The lowest BCUT2D eigenvalue weighted by Gasteiger charge is -2.09. The van der Waals surface area contributed by atoms with Crippen LogP contribution in [0, 0.1) is 6.92 Å². The van der Waals surface area contributed by atoms with Gasteiger partial charge in [-0.2, -0.15) is 0 Å². The normalized spacial score (nSPS) is 10.7. The number of ether oxygens (including phenoxy) is 1. The lowest BCUT2D eigenvalue weighted by Crippen LogP contribution is -1.93. The van der Waals surface area contributed by atoms with Gasteiger partial charge in [0.1, 0.15) is 5.75 Å². The Hall–Kier alpha value is -1.49. The van der Waals surface area contributed by atoms with Crippen LogP contribution in [0.25, 0.3) is 0 Å². The minimum absolute atomic E-state index is 0.0161. The van der Waals surface area contributed by atoms with E-state index in [9.17, 15) is 8.78 Å². The molecule has 0 aliphatic rings. The number of benzene rings is 1. The topological polar surface area (TPSA) is 22.1 Å². The van der Waals surface area contributed by atoms with Crippen molar-refractivity contribution in [3.63, 3.8) is 0 Å². The molecule has 1 aromatic heterocycles. The van der Waals surface area contributed by atoms with Crippen LogP contribution < -0.4 is 4.74 Å². The van der Waals surface area contributed by atoms with Crippen LogP contribution in [0.15, 0.2) is 41.0 Å². The van der Waals surface area contributed by atoms with Gasteiger partial charge < -0.3 is 4.74 Å². The van der Waals surface area contributed by atoms with E-state index >= 15 is 0 Å². The van der Waals surface area contributed by atoms with Gasteiger partial charge in [-0.15, -0.1) is 0 Å². The first-order chi connectivity index (χ1) is 8.58. The predicted molar refractivity (Wildman–Crippen MR) is 68.1 cm³/mol. The highest BCUT2D eigenvalue weighted by molar-refractivity contribution is 9.10. The number of alkyl halides is 2. The Balaban J connectivity index is 2.26. The summed E-state index contributed by atoms with van der Waals surface area (Å²) in [7, 11) is 0. The Bertz CT molecular complexity index is 560. The van der Waals surface area contributed by atoms with Crippen LogP contribution in [-0.2, 0) is 0 Å². The summed E-state index contributed by atoms with van der Waals surface area (Å²) in [6.45, 7) is 1.63. The standard InChI is InChI=1S/C13H10BrF2NO/c1-8-7-9(4-5-10(8)12(15)16)18-13-11(14)3-2-6-17-13/h2-7,12H,1H3. The van der Waals surface area contributed by atoms with Gasteiger partial charge in [0.2, 0.25) is 5.88 Å². The smallest absolute Gasteiger partial charge is 0.264 e. The molecule has 0 saturated heterocycles. The maximum Gasteiger partial charge on any atom is 0.264 e. The minimum Gasteiger partial charge on any atom is -0.438 e. The Morgan fingerprint density at radius 1 is 1.28 bits per heavy atom. The van der Waals surface area contributed by atoms with E-state index in [1.807, 2.05) is 0 Å². The molecule has 2 rings (SSSR count). The fourth-order valence-corrected chi connectivity index (χ4v) is 1.85. The van der Waals surface area contributed by atoms with Gasteiger partial charge in [0.15, 0.2) is 0 Å². The second-order valence-electron chi connectivity index (χ2n) is 3.71. The van der Waals surface area contributed by atoms with Gasteiger partial charge in [-0.1, -0.05) is 0 Å². The molecular weight excluding hydrogens is 304 g/mol. The molecule has 94 valence electrons. The van der Waals surface area contributed by atoms with Crippen LogP contribution in [-0.4, -0.2) is 4.98 Å². The van der Waals surface area contributed by atoms with E-state index in [4.69, 9.17) is 4.74 Å². The van der Waals surface area contributed by atoms with Crippen LogP contribution in [0.5, 0.6) is 11.6 Å². The van der Waals surface area contributed by atoms with E-state index < -0.39 is 6.43 Å². The van der Waals surface area contributed by atoms with Crippen LogP contribution in [0.3, 0.4) is 0 Å². The lowest BCUT2D eigenvalue weighted by molar-refractivity contribution is 0.150. The summed E-state index contributed by atoms with van der Waals surface area (Å²) in [5, 5.41) is 0. The maximum atomic E-state index is 12.6. The molecule has 0 aliphatic heterocycles. The van der Waals surface area contributed by atoms with Gasteiger partial charge in [0, 0.05) is 11.8 Å². The number of aromatic nitrogens is 1. The molecule has 1 aromatic carbocycles. The van der Waals surface area contributed by atoms with Crippen molar-refractivity contribution in [3.05, 3.63) is 52.1 Å². The molecule has 0 atom stereocenters. The first-order valence-corrected chi connectivity index (χ1v) is 6.04. The molecule has 1 heterocycles. The van der Waals surface area contributed by atoms with Crippen molar-refractivity contribution < 1.29 is 13.5 Å². The quantitative estimate of drug-likeness (QED) is 0.805. The number of nitrogens with zero attached hydrogens (tertiary/aromatic N) is 1. The molecule has 5 heteroatoms. The van der Waals surface area contributed by atoms with Crippen molar-refractivity contribution in [2.75, 3.05) is 0 Å². The zero-order valence-electron chi connectivity index (χ0n) is 9.53. The van der Waals surface area contributed by atoms with Crippen LogP contribution in [0.2, 0.25) is 0 Å². The van der Waals surface area contributed by atoms with Crippen molar-refractivity contribution in [1.82, 2.24) is 4.98 Å². The van der Waals surface area contributed by atoms with Gasteiger partial charge in [-0.3, -0.25) is 0 Å². The lowest BCUT2D eigenvalue weighted by atomic mass is 10.1. The number of pyridine rings is 1. The summed E-state index contributed by atoms with van der Waals surface area (Å²) in [5.41, 5.74) is 0.511. The minimum atomic E-state index is -2.47. The highest BCUT2D eigenvalue weighted by Gasteiger charge is 2.11. The summed E-state index contributed by atoms with van der Waals surface area (Å²) in [4.78, 5) is 4.04. The fourth-order valence-electron chi connectivity index (χ4n) is 1.51. The Morgan fingerprint density at radius 3 is 2.67 bits per heavy atom. The molecule has 0 fully saturated rings. The summed E-state index contributed by atoms with van der Waals surface area (Å²) < 4.78 is 31.4. The fraction of sp³-hybridized carbons (Fsp3) is 0.154. The molecule has 0 aliphatic carbocycles. The molecular formula is C13H10BrF2NO. The van der Waals surface area contributed by atoms with Crippen molar-refractivity contribution in [3.8, 4) is 11.6 Å². The Labute approximate surface area is 112 Å². The molecule has 2 aromatic rings. The number of rotatable bonds is 3. The average molecular weight is 314 g/mol. The maximum absolute atomic E-state index is 12.6. The van der Waals surface area contributed by atoms with Crippen molar-refractivity contribution >= 4 is 15.9 Å². The molecule has 2 nitrogen and oxygen atoms in total. The molecule has 0 radical (unpaired) electrons. The number of halogens is 3.